The predicted octanol–water partition coefficient (Wildman–Crippen LogP) is 4.96. The van der Waals surface area contributed by atoms with E-state index in [2.05, 4.69) is 4.98 Å². The lowest BCUT2D eigenvalue weighted by Crippen LogP contribution is -2.37. The molecule has 0 unspecified atom stereocenters. The maximum Gasteiger partial charge on any atom is 0.335 e. The molecule has 0 aliphatic heterocycles. The number of aryl methyl sites for hydroxylation is 3. The molecule has 2 aromatic carbocycles. The third-order valence-corrected chi connectivity index (χ3v) is 8.62. The average molecular weight is 505 g/mol. The minimum atomic E-state index is -3.92. The summed E-state index contributed by atoms with van der Waals surface area (Å²) in [5.41, 5.74) is 3.64. The number of thiazole rings is 1. The summed E-state index contributed by atoms with van der Waals surface area (Å²) in [6, 6.07) is 7.73. The quantitative estimate of drug-likeness (QED) is 0.439. The highest BCUT2D eigenvalue weighted by Gasteiger charge is 2.32. The molecule has 0 atom stereocenters. The fourth-order valence-electron chi connectivity index (χ4n) is 3.43. The van der Waals surface area contributed by atoms with Gasteiger partial charge in [0.15, 0.2) is 0 Å². The van der Waals surface area contributed by atoms with Crippen LogP contribution in [-0.2, 0) is 16.6 Å². The highest BCUT2D eigenvalue weighted by atomic mass is 32.2. The van der Waals surface area contributed by atoms with E-state index < -0.39 is 22.0 Å². The zero-order valence-corrected chi connectivity index (χ0v) is 21.6. The number of aromatic nitrogens is 1. The number of rotatable bonds is 9. The number of carboxylic acids is 1. The van der Waals surface area contributed by atoms with Crippen molar-refractivity contribution in [2.24, 2.45) is 0 Å². The molecule has 0 amide bonds. The van der Waals surface area contributed by atoms with Gasteiger partial charge in [0.1, 0.15) is 18.1 Å². The largest absolute Gasteiger partial charge is 0.496 e. The number of carboxylic acid groups (broad SMARTS) is 1. The standard InChI is InChI=1S/C24H28N2O6S2/c1-14(2)26(34(29,30)24-25-17(5)13-33-24)20-9-15(3)16(4)10-22(20)32-12-19-8-7-18(23(27)28)11-21(19)31-6/h7-11,13-14H,12H2,1-6H3,(H,27,28). The molecule has 0 aliphatic rings. The van der Waals surface area contributed by atoms with Crippen molar-refractivity contribution in [3.05, 3.63) is 63.7 Å². The molecular formula is C24H28N2O6S2. The monoisotopic (exact) mass is 504 g/mol. The van der Waals surface area contributed by atoms with Crippen molar-refractivity contribution in [1.29, 1.82) is 0 Å². The summed E-state index contributed by atoms with van der Waals surface area (Å²) in [5.74, 6) is -0.299. The normalized spacial score (nSPS) is 11.5. The van der Waals surface area contributed by atoms with Gasteiger partial charge in [0, 0.05) is 22.7 Å². The van der Waals surface area contributed by atoms with Crippen LogP contribution in [0.3, 0.4) is 0 Å². The maximum absolute atomic E-state index is 13.6. The Morgan fingerprint density at radius 3 is 2.35 bits per heavy atom. The van der Waals surface area contributed by atoms with E-state index in [4.69, 9.17) is 9.47 Å². The molecule has 0 fully saturated rings. The van der Waals surface area contributed by atoms with Crippen LogP contribution in [0.1, 0.15) is 46.6 Å². The van der Waals surface area contributed by atoms with E-state index in [-0.39, 0.29) is 16.5 Å². The Hall–Kier alpha value is -3.11. The van der Waals surface area contributed by atoms with Crippen LogP contribution in [0.4, 0.5) is 5.69 Å². The molecule has 1 N–H and O–H groups in total. The molecule has 1 heterocycles. The Balaban J connectivity index is 2.05. The van der Waals surface area contributed by atoms with E-state index >= 15 is 0 Å². The lowest BCUT2D eigenvalue weighted by molar-refractivity contribution is 0.0696. The van der Waals surface area contributed by atoms with E-state index in [0.717, 1.165) is 22.5 Å². The Labute approximate surface area is 203 Å². The van der Waals surface area contributed by atoms with Crippen molar-refractivity contribution < 1.29 is 27.8 Å². The van der Waals surface area contributed by atoms with Crippen LogP contribution in [0.5, 0.6) is 11.5 Å². The Kier molecular flexibility index (Phi) is 7.52. The molecule has 8 nitrogen and oxygen atoms in total. The molecule has 0 spiro atoms. The van der Waals surface area contributed by atoms with Gasteiger partial charge in [0.25, 0.3) is 10.0 Å². The number of methoxy groups -OCH3 is 1. The number of hydrogen-bond acceptors (Lipinski definition) is 7. The summed E-state index contributed by atoms with van der Waals surface area (Å²) in [7, 11) is -2.47. The fourth-order valence-corrected chi connectivity index (χ4v) is 6.21. The molecular weight excluding hydrogens is 476 g/mol. The van der Waals surface area contributed by atoms with Crippen molar-refractivity contribution in [2.45, 2.75) is 51.6 Å². The number of nitrogens with zero attached hydrogens (tertiary/aromatic N) is 2. The highest BCUT2D eigenvalue weighted by molar-refractivity contribution is 7.94. The van der Waals surface area contributed by atoms with Gasteiger partial charge in [-0.1, -0.05) is 6.07 Å². The number of benzene rings is 2. The average Bonchev–Trinajstić information content (AvgIpc) is 3.21. The van der Waals surface area contributed by atoms with Gasteiger partial charge in [-0.2, -0.15) is 8.42 Å². The van der Waals surface area contributed by atoms with Gasteiger partial charge in [-0.25, -0.2) is 9.78 Å². The topological polar surface area (TPSA) is 106 Å². The Bertz CT molecular complexity index is 1310. The molecule has 3 aromatic rings. The van der Waals surface area contributed by atoms with Crippen LogP contribution in [0.15, 0.2) is 40.1 Å². The molecule has 34 heavy (non-hydrogen) atoms. The van der Waals surface area contributed by atoms with Crippen LogP contribution in [-0.4, -0.2) is 37.6 Å². The Morgan fingerprint density at radius 2 is 1.79 bits per heavy atom. The minimum Gasteiger partial charge on any atom is -0.496 e. The first-order chi connectivity index (χ1) is 15.9. The van der Waals surface area contributed by atoms with Crippen molar-refractivity contribution in [3.8, 4) is 11.5 Å². The number of sulfonamides is 1. The van der Waals surface area contributed by atoms with E-state index in [1.165, 1.54) is 23.5 Å². The van der Waals surface area contributed by atoms with Crippen molar-refractivity contribution in [2.75, 3.05) is 11.4 Å². The van der Waals surface area contributed by atoms with Gasteiger partial charge >= 0.3 is 5.97 Å². The predicted molar refractivity (Wildman–Crippen MR) is 132 cm³/mol. The van der Waals surface area contributed by atoms with E-state index in [9.17, 15) is 18.3 Å². The summed E-state index contributed by atoms with van der Waals surface area (Å²) in [5, 5.41) is 10.9. The van der Waals surface area contributed by atoms with Gasteiger partial charge in [-0.05, 0) is 70.0 Å². The zero-order valence-electron chi connectivity index (χ0n) is 19.9. The summed E-state index contributed by atoms with van der Waals surface area (Å²) < 4.78 is 39.9. The lowest BCUT2D eigenvalue weighted by Gasteiger charge is -2.29. The first-order valence-corrected chi connectivity index (χ1v) is 12.9. The first-order valence-electron chi connectivity index (χ1n) is 10.6. The molecule has 1 aromatic heterocycles. The number of hydrogen-bond donors (Lipinski definition) is 1. The van der Waals surface area contributed by atoms with Gasteiger partial charge < -0.3 is 14.6 Å². The van der Waals surface area contributed by atoms with Crippen LogP contribution in [0, 0.1) is 20.8 Å². The number of aromatic carboxylic acids is 1. The molecule has 3 rings (SSSR count). The highest BCUT2D eigenvalue weighted by Crippen LogP contribution is 2.38. The lowest BCUT2D eigenvalue weighted by atomic mass is 10.1. The second kappa shape index (κ2) is 10.0. The molecule has 182 valence electrons. The summed E-state index contributed by atoms with van der Waals surface area (Å²) in [6.07, 6.45) is 0. The number of anilines is 1. The number of carbonyl (C=O) groups is 1. The van der Waals surface area contributed by atoms with E-state index in [1.54, 1.807) is 44.4 Å². The van der Waals surface area contributed by atoms with Crippen molar-refractivity contribution in [3.63, 3.8) is 0 Å². The smallest absolute Gasteiger partial charge is 0.335 e. The molecule has 0 saturated carbocycles. The third kappa shape index (κ3) is 5.18. The van der Waals surface area contributed by atoms with E-state index in [1.807, 2.05) is 13.8 Å². The van der Waals surface area contributed by atoms with Crippen LogP contribution in [0.25, 0.3) is 0 Å². The maximum atomic E-state index is 13.6. The van der Waals surface area contributed by atoms with Gasteiger partial charge in [0.05, 0.1) is 18.4 Å². The molecule has 0 bridgehead atoms. The molecule has 0 aliphatic carbocycles. The summed E-state index contributed by atoms with van der Waals surface area (Å²) in [6.45, 7) is 9.24. The summed E-state index contributed by atoms with van der Waals surface area (Å²) >= 11 is 1.08. The SMILES string of the molecule is COc1cc(C(=O)O)ccc1COc1cc(C)c(C)cc1N(C(C)C)S(=O)(=O)c1nc(C)cs1. The van der Waals surface area contributed by atoms with Gasteiger partial charge in [-0.15, -0.1) is 11.3 Å². The van der Waals surface area contributed by atoms with Gasteiger partial charge in [0.2, 0.25) is 4.34 Å². The van der Waals surface area contributed by atoms with Gasteiger partial charge in [-0.3, -0.25) is 4.31 Å². The van der Waals surface area contributed by atoms with Crippen LogP contribution >= 0.6 is 11.3 Å². The third-order valence-electron chi connectivity index (χ3n) is 5.28. The fraction of sp³-hybridized carbons (Fsp3) is 0.333. The second-order valence-electron chi connectivity index (χ2n) is 8.17. The molecule has 0 radical (unpaired) electrons. The minimum absolute atomic E-state index is 0.0220. The summed E-state index contributed by atoms with van der Waals surface area (Å²) in [4.78, 5) is 15.5. The van der Waals surface area contributed by atoms with Crippen molar-refractivity contribution in [1.82, 2.24) is 4.98 Å². The van der Waals surface area contributed by atoms with Crippen LogP contribution < -0.4 is 13.8 Å². The number of ether oxygens (including phenoxy) is 2. The Morgan fingerprint density at radius 1 is 1.12 bits per heavy atom. The molecule has 0 saturated heterocycles. The van der Waals surface area contributed by atoms with Crippen molar-refractivity contribution >= 4 is 33.0 Å². The zero-order chi connectivity index (χ0) is 25.2. The van der Waals surface area contributed by atoms with Crippen LogP contribution in [0.2, 0.25) is 0 Å². The second-order valence-corrected chi connectivity index (χ2v) is 11.0. The molecule has 10 heteroatoms. The first kappa shape index (κ1) is 25.5. The van der Waals surface area contributed by atoms with E-state index in [0.29, 0.717) is 28.4 Å².